The van der Waals surface area contributed by atoms with E-state index in [4.69, 9.17) is 0 Å². The van der Waals surface area contributed by atoms with Crippen LogP contribution in [-0.4, -0.2) is 16.6 Å². The molecule has 0 aromatic carbocycles. The molecule has 0 aromatic rings. The molecule has 0 aromatic heterocycles. The summed E-state index contributed by atoms with van der Waals surface area (Å²) in [5.41, 5.74) is -0.272. The minimum Gasteiger partial charge on any atom is -0.146 e. The maximum absolute atomic E-state index is 12.3. The molecule has 2 heteroatoms. The minimum atomic E-state index is -0.304. The summed E-state index contributed by atoms with van der Waals surface area (Å²) in [6, 6.07) is 0.0856. The first-order valence-corrected chi connectivity index (χ1v) is 5.98. The second-order valence-electron chi connectivity index (χ2n) is 6.69. The molecule has 15 heavy (non-hydrogen) atoms. The van der Waals surface area contributed by atoms with Gasteiger partial charge in [0, 0.05) is 11.6 Å². The van der Waals surface area contributed by atoms with Gasteiger partial charge in [-0.25, -0.2) is 0 Å². The summed E-state index contributed by atoms with van der Waals surface area (Å²) >= 11 is 0. The summed E-state index contributed by atoms with van der Waals surface area (Å²) < 4.78 is 0. The van der Waals surface area contributed by atoms with E-state index in [2.05, 4.69) is 34.6 Å². The van der Waals surface area contributed by atoms with Crippen LogP contribution >= 0.6 is 0 Å². The molecule has 0 aliphatic carbocycles. The van der Waals surface area contributed by atoms with Gasteiger partial charge in [-0.05, 0) is 32.1 Å². The molecular formula is C13H28NO. The van der Waals surface area contributed by atoms with Crippen molar-refractivity contribution in [3.05, 3.63) is 0 Å². The minimum absolute atomic E-state index is 0.0322. The third-order valence-electron chi connectivity index (χ3n) is 2.98. The average molecular weight is 214 g/mol. The van der Waals surface area contributed by atoms with Crippen LogP contribution in [0.25, 0.3) is 0 Å². The van der Waals surface area contributed by atoms with Gasteiger partial charge >= 0.3 is 0 Å². The quantitative estimate of drug-likeness (QED) is 0.654. The van der Waals surface area contributed by atoms with Crippen LogP contribution in [0.5, 0.6) is 0 Å². The van der Waals surface area contributed by atoms with E-state index in [-0.39, 0.29) is 17.0 Å². The van der Waals surface area contributed by atoms with Crippen molar-refractivity contribution >= 4 is 0 Å². The predicted molar refractivity (Wildman–Crippen MR) is 65.0 cm³/mol. The van der Waals surface area contributed by atoms with Gasteiger partial charge in [-0.3, -0.25) is 0 Å². The van der Waals surface area contributed by atoms with Gasteiger partial charge < -0.3 is 0 Å². The van der Waals surface area contributed by atoms with E-state index in [0.717, 1.165) is 6.42 Å². The van der Waals surface area contributed by atoms with Crippen molar-refractivity contribution in [1.82, 2.24) is 5.06 Å². The standard InChI is InChI=1S/C13H28NO/c1-9-10(2)11(12(3,4)5)14(15)13(6,7)8/h10-11H,9H2,1-8H3. The Morgan fingerprint density at radius 3 is 1.67 bits per heavy atom. The van der Waals surface area contributed by atoms with E-state index in [0.29, 0.717) is 5.92 Å². The second kappa shape index (κ2) is 4.84. The van der Waals surface area contributed by atoms with Gasteiger partial charge in [0.2, 0.25) is 0 Å². The Bertz CT molecular complexity index is 188. The van der Waals surface area contributed by atoms with Gasteiger partial charge in [-0.15, -0.1) is 10.3 Å². The van der Waals surface area contributed by atoms with Crippen molar-refractivity contribution in [3.63, 3.8) is 0 Å². The summed E-state index contributed by atoms with van der Waals surface area (Å²) in [5, 5.41) is 13.6. The van der Waals surface area contributed by atoms with Crippen molar-refractivity contribution < 1.29 is 5.21 Å². The van der Waals surface area contributed by atoms with Crippen LogP contribution < -0.4 is 0 Å². The van der Waals surface area contributed by atoms with Crippen LogP contribution in [0.1, 0.15) is 61.8 Å². The molecule has 0 spiro atoms. The Balaban J connectivity index is 4.96. The van der Waals surface area contributed by atoms with Gasteiger partial charge in [0.15, 0.2) is 0 Å². The molecule has 0 rings (SSSR count). The molecule has 0 N–H and O–H groups in total. The zero-order valence-electron chi connectivity index (χ0n) is 11.7. The first-order chi connectivity index (χ1) is 6.51. The molecule has 0 fully saturated rings. The number of hydrogen-bond acceptors (Lipinski definition) is 1. The second-order valence-corrected chi connectivity index (χ2v) is 6.69. The average Bonchev–Trinajstić information content (AvgIpc) is 1.99. The van der Waals surface area contributed by atoms with Crippen molar-refractivity contribution in [2.75, 3.05) is 0 Å². The molecule has 91 valence electrons. The van der Waals surface area contributed by atoms with Gasteiger partial charge in [0.05, 0.1) is 0 Å². The fraction of sp³-hybridized carbons (Fsp3) is 1.00. The number of nitrogens with zero attached hydrogens (tertiary/aromatic N) is 1. The van der Waals surface area contributed by atoms with Gasteiger partial charge in [-0.1, -0.05) is 41.0 Å². The molecular weight excluding hydrogens is 186 g/mol. The van der Waals surface area contributed by atoms with Crippen LogP contribution in [0.3, 0.4) is 0 Å². The highest BCUT2D eigenvalue weighted by atomic mass is 16.5. The van der Waals surface area contributed by atoms with E-state index >= 15 is 0 Å². The lowest BCUT2D eigenvalue weighted by atomic mass is 9.77. The maximum atomic E-state index is 12.3. The number of hydroxylamine groups is 2. The van der Waals surface area contributed by atoms with Crippen molar-refractivity contribution in [3.8, 4) is 0 Å². The Hall–Kier alpha value is -0.0800. The molecule has 0 saturated heterocycles. The van der Waals surface area contributed by atoms with Crippen LogP contribution in [0.15, 0.2) is 0 Å². The van der Waals surface area contributed by atoms with E-state index in [1.54, 1.807) is 0 Å². The fourth-order valence-electron chi connectivity index (χ4n) is 2.08. The molecule has 2 atom stereocenters. The smallest absolute Gasteiger partial charge is 0.0463 e. The maximum Gasteiger partial charge on any atom is 0.0463 e. The fourth-order valence-corrected chi connectivity index (χ4v) is 2.08. The van der Waals surface area contributed by atoms with Crippen LogP contribution in [0.2, 0.25) is 0 Å². The molecule has 0 saturated carbocycles. The monoisotopic (exact) mass is 214 g/mol. The van der Waals surface area contributed by atoms with Crippen molar-refractivity contribution in [2.45, 2.75) is 73.4 Å². The SMILES string of the molecule is CCC(C)C(N([O])C(C)(C)C)C(C)(C)C. The first-order valence-electron chi connectivity index (χ1n) is 5.98. The lowest BCUT2D eigenvalue weighted by molar-refractivity contribution is -0.267. The largest absolute Gasteiger partial charge is 0.146 e. The number of hydrogen-bond donors (Lipinski definition) is 0. The lowest BCUT2D eigenvalue weighted by Gasteiger charge is -2.44. The molecule has 0 amide bonds. The lowest BCUT2D eigenvalue weighted by Crippen LogP contribution is -2.53. The Kier molecular flexibility index (Phi) is 4.81. The molecule has 0 heterocycles. The van der Waals surface area contributed by atoms with Gasteiger partial charge in [0.1, 0.15) is 0 Å². The molecule has 2 nitrogen and oxygen atoms in total. The van der Waals surface area contributed by atoms with Crippen LogP contribution in [0, 0.1) is 11.3 Å². The summed E-state index contributed by atoms with van der Waals surface area (Å²) in [4.78, 5) is 0. The number of rotatable bonds is 3. The normalized spacial score (nSPS) is 18.0. The van der Waals surface area contributed by atoms with Crippen molar-refractivity contribution in [2.24, 2.45) is 11.3 Å². The summed E-state index contributed by atoms with van der Waals surface area (Å²) in [7, 11) is 0. The molecule has 0 aliphatic heterocycles. The highest BCUT2D eigenvalue weighted by Gasteiger charge is 2.39. The van der Waals surface area contributed by atoms with Gasteiger partial charge in [-0.2, -0.15) is 0 Å². The summed E-state index contributed by atoms with van der Waals surface area (Å²) in [5.74, 6) is 0.432. The first kappa shape index (κ1) is 14.9. The summed E-state index contributed by atoms with van der Waals surface area (Å²) in [6.45, 7) is 16.7. The Morgan fingerprint density at radius 2 is 1.47 bits per heavy atom. The zero-order chi connectivity index (χ0) is 12.4. The predicted octanol–water partition coefficient (Wildman–Crippen LogP) is 3.89. The molecule has 1 radical (unpaired) electrons. The van der Waals surface area contributed by atoms with Crippen molar-refractivity contribution in [1.29, 1.82) is 0 Å². The van der Waals surface area contributed by atoms with Crippen LogP contribution in [-0.2, 0) is 5.21 Å². The highest BCUT2D eigenvalue weighted by molar-refractivity contribution is 4.88. The molecule has 0 aliphatic rings. The van der Waals surface area contributed by atoms with E-state index in [1.807, 2.05) is 20.8 Å². The molecule has 2 unspecified atom stereocenters. The van der Waals surface area contributed by atoms with E-state index < -0.39 is 0 Å². The Labute approximate surface area is 95.6 Å². The van der Waals surface area contributed by atoms with E-state index in [1.165, 1.54) is 5.06 Å². The topological polar surface area (TPSA) is 23.1 Å². The zero-order valence-corrected chi connectivity index (χ0v) is 11.7. The van der Waals surface area contributed by atoms with Crippen LogP contribution in [0.4, 0.5) is 0 Å². The van der Waals surface area contributed by atoms with Gasteiger partial charge in [0.25, 0.3) is 0 Å². The summed E-state index contributed by atoms with van der Waals surface area (Å²) in [6.07, 6.45) is 1.05. The molecule has 0 bridgehead atoms. The third kappa shape index (κ3) is 4.12. The third-order valence-corrected chi connectivity index (χ3v) is 2.98. The van der Waals surface area contributed by atoms with E-state index in [9.17, 15) is 5.21 Å². The highest BCUT2D eigenvalue weighted by Crippen LogP contribution is 2.34. The Morgan fingerprint density at radius 1 is 1.07 bits per heavy atom.